The second-order valence-electron chi connectivity index (χ2n) is 4.54. The molecule has 1 amide bonds. The van der Waals surface area contributed by atoms with E-state index in [1.54, 1.807) is 11.3 Å². The van der Waals surface area contributed by atoms with Crippen molar-refractivity contribution >= 4 is 45.6 Å². The number of rotatable bonds is 4. The quantitative estimate of drug-likeness (QED) is 0.887. The van der Waals surface area contributed by atoms with Crippen molar-refractivity contribution in [3.8, 4) is 0 Å². The van der Waals surface area contributed by atoms with E-state index in [1.807, 2.05) is 4.90 Å². The Hall–Kier alpha value is -0.100. The Morgan fingerprint density at radius 2 is 2.21 bits per heavy atom. The standard InChI is InChI=1S/C13H19BrN2OS.ClH/c14-12-6-5-11(18-12)3-1-4-13(17)16-9-2-7-15-8-10-16;/h5-6,15H,1-4,7-10H2;1H. The second-order valence-corrected chi connectivity index (χ2v) is 7.09. The van der Waals surface area contributed by atoms with Gasteiger partial charge in [-0.3, -0.25) is 4.79 Å². The summed E-state index contributed by atoms with van der Waals surface area (Å²) < 4.78 is 1.17. The third-order valence-corrected chi connectivity index (χ3v) is 4.82. The van der Waals surface area contributed by atoms with Crippen LogP contribution in [-0.4, -0.2) is 37.0 Å². The monoisotopic (exact) mass is 366 g/mol. The SMILES string of the molecule is Cl.O=C(CCCc1ccc(Br)s1)N1CCCNCC1. The molecule has 6 heteroatoms. The predicted octanol–water partition coefficient (Wildman–Crippen LogP) is 3.08. The third-order valence-electron chi connectivity index (χ3n) is 3.14. The largest absolute Gasteiger partial charge is 0.341 e. The predicted molar refractivity (Wildman–Crippen MR) is 86.3 cm³/mol. The Kier molecular flexibility index (Phi) is 7.99. The number of halogens is 2. The first-order valence-electron chi connectivity index (χ1n) is 6.48. The minimum atomic E-state index is 0. The summed E-state index contributed by atoms with van der Waals surface area (Å²) in [4.78, 5) is 15.4. The molecule has 2 rings (SSSR count). The highest BCUT2D eigenvalue weighted by atomic mass is 79.9. The number of amides is 1. The topological polar surface area (TPSA) is 32.3 Å². The van der Waals surface area contributed by atoms with Gasteiger partial charge < -0.3 is 10.2 Å². The zero-order valence-corrected chi connectivity index (χ0v) is 14.1. The first kappa shape index (κ1) is 17.0. The van der Waals surface area contributed by atoms with Gasteiger partial charge in [-0.2, -0.15) is 0 Å². The van der Waals surface area contributed by atoms with Gasteiger partial charge in [0.15, 0.2) is 0 Å². The highest BCUT2D eigenvalue weighted by Crippen LogP contribution is 2.23. The first-order chi connectivity index (χ1) is 8.75. The fraction of sp³-hybridized carbons (Fsp3) is 0.615. The van der Waals surface area contributed by atoms with E-state index in [4.69, 9.17) is 0 Å². The fourth-order valence-corrected chi connectivity index (χ4v) is 3.68. The molecule has 108 valence electrons. The van der Waals surface area contributed by atoms with E-state index >= 15 is 0 Å². The van der Waals surface area contributed by atoms with Crippen molar-refractivity contribution in [2.24, 2.45) is 0 Å². The Balaban J connectivity index is 0.00000180. The van der Waals surface area contributed by atoms with Crippen LogP contribution < -0.4 is 5.32 Å². The Morgan fingerprint density at radius 3 is 2.95 bits per heavy atom. The number of carbonyl (C=O) groups excluding carboxylic acids is 1. The van der Waals surface area contributed by atoms with E-state index in [0.717, 1.165) is 45.4 Å². The van der Waals surface area contributed by atoms with Crippen LogP contribution in [0.3, 0.4) is 0 Å². The zero-order chi connectivity index (χ0) is 12.8. The van der Waals surface area contributed by atoms with Gasteiger partial charge in [-0.25, -0.2) is 0 Å². The average molecular weight is 368 g/mol. The lowest BCUT2D eigenvalue weighted by Gasteiger charge is -2.19. The van der Waals surface area contributed by atoms with Crippen molar-refractivity contribution in [3.05, 3.63) is 20.8 Å². The van der Waals surface area contributed by atoms with Crippen LogP contribution in [0.4, 0.5) is 0 Å². The van der Waals surface area contributed by atoms with Crippen molar-refractivity contribution < 1.29 is 4.79 Å². The number of nitrogens with one attached hydrogen (secondary N) is 1. The molecule has 3 nitrogen and oxygen atoms in total. The van der Waals surface area contributed by atoms with Gasteiger partial charge in [0.2, 0.25) is 5.91 Å². The molecule has 0 atom stereocenters. The van der Waals surface area contributed by atoms with Gasteiger partial charge in [-0.15, -0.1) is 23.7 Å². The summed E-state index contributed by atoms with van der Waals surface area (Å²) in [5, 5.41) is 3.32. The maximum Gasteiger partial charge on any atom is 0.222 e. The van der Waals surface area contributed by atoms with Gasteiger partial charge in [0, 0.05) is 30.9 Å². The summed E-state index contributed by atoms with van der Waals surface area (Å²) in [5.41, 5.74) is 0. The van der Waals surface area contributed by atoms with E-state index < -0.39 is 0 Å². The molecular weight excluding hydrogens is 348 g/mol. The molecule has 19 heavy (non-hydrogen) atoms. The van der Waals surface area contributed by atoms with Crippen molar-refractivity contribution in [3.63, 3.8) is 0 Å². The van der Waals surface area contributed by atoms with E-state index in [2.05, 4.69) is 33.4 Å². The van der Waals surface area contributed by atoms with Crippen LogP contribution in [0.1, 0.15) is 24.1 Å². The molecule has 1 aromatic rings. The van der Waals surface area contributed by atoms with Crippen LogP contribution in [0, 0.1) is 0 Å². The normalized spacial score (nSPS) is 15.7. The summed E-state index contributed by atoms with van der Waals surface area (Å²) in [6.07, 6.45) is 3.71. The van der Waals surface area contributed by atoms with Crippen molar-refractivity contribution in [1.29, 1.82) is 0 Å². The summed E-state index contributed by atoms with van der Waals surface area (Å²) in [6.45, 7) is 3.75. The van der Waals surface area contributed by atoms with Gasteiger partial charge in [-0.05, 0) is 53.9 Å². The van der Waals surface area contributed by atoms with E-state index in [-0.39, 0.29) is 12.4 Å². The minimum Gasteiger partial charge on any atom is -0.341 e. The Morgan fingerprint density at radius 1 is 1.37 bits per heavy atom. The molecule has 0 radical (unpaired) electrons. The van der Waals surface area contributed by atoms with Crippen LogP contribution in [-0.2, 0) is 11.2 Å². The number of hydrogen-bond acceptors (Lipinski definition) is 3. The summed E-state index contributed by atoms with van der Waals surface area (Å²) in [5.74, 6) is 0.314. The summed E-state index contributed by atoms with van der Waals surface area (Å²) >= 11 is 5.22. The number of thiophene rings is 1. The lowest BCUT2D eigenvalue weighted by molar-refractivity contribution is -0.131. The first-order valence-corrected chi connectivity index (χ1v) is 8.09. The molecule has 1 N–H and O–H groups in total. The molecule has 0 bridgehead atoms. The highest BCUT2D eigenvalue weighted by molar-refractivity contribution is 9.11. The molecule has 0 aliphatic carbocycles. The van der Waals surface area contributed by atoms with E-state index in [9.17, 15) is 4.79 Å². The Labute approximate surface area is 133 Å². The summed E-state index contributed by atoms with van der Waals surface area (Å²) in [6, 6.07) is 4.21. The number of nitrogens with zero attached hydrogens (tertiary/aromatic N) is 1. The van der Waals surface area contributed by atoms with Crippen LogP contribution in [0.15, 0.2) is 15.9 Å². The van der Waals surface area contributed by atoms with Crippen molar-refractivity contribution in [2.45, 2.75) is 25.7 Å². The van der Waals surface area contributed by atoms with Crippen LogP contribution >= 0.6 is 39.7 Å². The van der Waals surface area contributed by atoms with Crippen molar-refractivity contribution in [1.82, 2.24) is 10.2 Å². The molecule has 1 saturated heterocycles. The number of carbonyl (C=O) groups is 1. The molecular formula is C13H20BrClN2OS. The Bertz CT molecular complexity index is 392. The van der Waals surface area contributed by atoms with Crippen LogP contribution in [0.2, 0.25) is 0 Å². The molecule has 0 spiro atoms. The van der Waals surface area contributed by atoms with Gasteiger partial charge in [0.1, 0.15) is 0 Å². The smallest absolute Gasteiger partial charge is 0.222 e. The molecule has 1 fully saturated rings. The molecule has 0 unspecified atom stereocenters. The minimum absolute atomic E-state index is 0. The molecule has 0 saturated carbocycles. The summed E-state index contributed by atoms with van der Waals surface area (Å²) in [7, 11) is 0. The van der Waals surface area contributed by atoms with Gasteiger partial charge in [0.05, 0.1) is 3.79 Å². The highest BCUT2D eigenvalue weighted by Gasteiger charge is 2.14. The van der Waals surface area contributed by atoms with Crippen molar-refractivity contribution in [2.75, 3.05) is 26.2 Å². The van der Waals surface area contributed by atoms with Crippen LogP contribution in [0.5, 0.6) is 0 Å². The molecule has 1 aliphatic rings. The molecule has 1 aliphatic heterocycles. The average Bonchev–Trinajstić information content (AvgIpc) is 2.63. The number of aryl methyl sites for hydroxylation is 1. The maximum atomic E-state index is 12.0. The van der Waals surface area contributed by atoms with E-state index in [1.165, 1.54) is 8.66 Å². The van der Waals surface area contributed by atoms with E-state index in [0.29, 0.717) is 12.3 Å². The van der Waals surface area contributed by atoms with Gasteiger partial charge in [0.25, 0.3) is 0 Å². The second kappa shape index (κ2) is 8.95. The maximum absolute atomic E-state index is 12.0. The molecule has 1 aromatic heterocycles. The molecule has 2 heterocycles. The lowest BCUT2D eigenvalue weighted by atomic mass is 10.2. The van der Waals surface area contributed by atoms with Gasteiger partial charge >= 0.3 is 0 Å². The van der Waals surface area contributed by atoms with Gasteiger partial charge in [-0.1, -0.05) is 0 Å². The fourth-order valence-electron chi connectivity index (χ4n) is 2.15. The zero-order valence-electron chi connectivity index (χ0n) is 10.9. The van der Waals surface area contributed by atoms with Crippen LogP contribution in [0.25, 0.3) is 0 Å². The third kappa shape index (κ3) is 5.81. The number of hydrogen-bond donors (Lipinski definition) is 1. The molecule has 0 aromatic carbocycles. The lowest BCUT2D eigenvalue weighted by Crippen LogP contribution is -2.34.